The fourth-order valence-electron chi connectivity index (χ4n) is 8.69. The molecule has 6 aromatic rings. The average molecular weight is 1060 g/mol. The van der Waals surface area contributed by atoms with Crippen molar-refractivity contribution in [2.24, 2.45) is 0 Å². The van der Waals surface area contributed by atoms with E-state index in [9.17, 15) is 31.5 Å². The summed E-state index contributed by atoms with van der Waals surface area (Å²) >= 11 is 4.72. The first-order valence-electron chi connectivity index (χ1n) is 24.6. The van der Waals surface area contributed by atoms with Gasteiger partial charge in [0.2, 0.25) is 6.29 Å². The maximum Gasteiger partial charge on any atom is 0.446 e. The quantitative estimate of drug-likeness (QED) is 0.0720. The monoisotopic (exact) mass is 1050 g/mol. The molecule has 16 nitrogen and oxygen atoms in total. The molecule has 1 amide bonds. The Morgan fingerprint density at radius 2 is 1.27 bits per heavy atom. The highest BCUT2D eigenvalue weighted by molar-refractivity contribution is 6.61. The van der Waals surface area contributed by atoms with Gasteiger partial charge in [0.15, 0.2) is 11.3 Å². The molecule has 0 N–H and O–H groups in total. The molecule has 10 rings (SSSR count). The highest BCUT2D eigenvalue weighted by Gasteiger charge is 2.26. The van der Waals surface area contributed by atoms with Crippen LogP contribution in [0.15, 0.2) is 61.5 Å². The maximum atomic E-state index is 14.5. The lowest BCUT2D eigenvalue weighted by Crippen LogP contribution is -2.35. The Hall–Kier alpha value is -7.03. The van der Waals surface area contributed by atoms with Crippen LogP contribution in [-0.2, 0) is 52.8 Å². The van der Waals surface area contributed by atoms with Crippen molar-refractivity contribution < 1.29 is 56.7 Å². The summed E-state index contributed by atoms with van der Waals surface area (Å²) in [5.74, 6) is 2.85. The van der Waals surface area contributed by atoms with Crippen LogP contribution in [0, 0.1) is 11.6 Å². The number of amides is 1. The van der Waals surface area contributed by atoms with Gasteiger partial charge in [0, 0.05) is 86.4 Å². The summed E-state index contributed by atoms with van der Waals surface area (Å²) in [5, 5.41) is 16.8. The number of allylic oxidation sites excluding steroid dienone is 2. The first-order valence-corrected chi connectivity index (χ1v) is 24.3. The number of alkyl halides is 3. The second kappa shape index (κ2) is 27.9. The molecule has 0 atom stereocenters. The Morgan fingerprint density at radius 1 is 0.770 bits per heavy atom. The van der Waals surface area contributed by atoms with Gasteiger partial charge in [-0.05, 0) is 105 Å². The van der Waals surface area contributed by atoms with Crippen molar-refractivity contribution in [1.82, 2.24) is 44.1 Å². The minimum atomic E-state index is -4.64. The van der Waals surface area contributed by atoms with E-state index in [1.165, 1.54) is 30.5 Å². The number of aromatic nitrogens is 8. The van der Waals surface area contributed by atoms with E-state index in [4.69, 9.17) is 32.0 Å². The van der Waals surface area contributed by atoms with Gasteiger partial charge in [0.25, 0.3) is 0 Å². The van der Waals surface area contributed by atoms with Crippen LogP contribution >= 0.6 is 11.6 Å². The predicted octanol–water partition coefficient (Wildman–Crippen LogP) is 11.0. The maximum absolute atomic E-state index is 14.5. The zero-order chi connectivity index (χ0) is 53.2. The number of halogens is 6. The summed E-state index contributed by atoms with van der Waals surface area (Å²) in [7, 11) is 0. The number of aryl methyl sites for hydroxylation is 2. The van der Waals surface area contributed by atoms with E-state index in [1.807, 2.05) is 21.1 Å². The van der Waals surface area contributed by atoms with E-state index in [1.54, 1.807) is 56.7 Å². The van der Waals surface area contributed by atoms with E-state index in [0.29, 0.717) is 89.7 Å². The number of carbonyl (C=O) groups excluding carboxylic acids is 3. The Labute approximate surface area is 432 Å². The number of fused-ring (bicyclic) bond motifs is 4. The van der Waals surface area contributed by atoms with Crippen molar-refractivity contribution in [3.8, 4) is 11.5 Å². The highest BCUT2D eigenvalue weighted by atomic mass is 35.5. The van der Waals surface area contributed by atoms with Crippen LogP contribution in [-0.4, -0.2) is 108 Å². The van der Waals surface area contributed by atoms with Crippen LogP contribution in [0.5, 0.6) is 11.5 Å². The lowest BCUT2D eigenvalue weighted by Gasteiger charge is -2.25. The van der Waals surface area contributed by atoms with E-state index in [-0.39, 0.29) is 25.2 Å². The zero-order valence-corrected chi connectivity index (χ0v) is 41.5. The molecule has 22 heteroatoms. The zero-order valence-electron chi connectivity index (χ0n) is 41.7. The number of aldehydes is 1. The van der Waals surface area contributed by atoms with Crippen LogP contribution in [0.3, 0.4) is 0 Å². The fourth-order valence-corrected chi connectivity index (χ4v) is 8.80. The molecule has 0 saturated heterocycles. The van der Waals surface area contributed by atoms with Gasteiger partial charge >= 0.3 is 17.7 Å². The topological polar surface area (TPSA) is 178 Å². The Balaban J connectivity index is 0.000000218. The molecular weight excluding hydrogens is 993 g/mol. The van der Waals surface area contributed by atoms with Gasteiger partial charge in [-0.2, -0.15) is 13.2 Å². The Kier molecular flexibility index (Phi) is 21.2. The summed E-state index contributed by atoms with van der Waals surface area (Å²) in [5.41, 5.74) is 8.56. The summed E-state index contributed by atoms with van der Waals surface area (Å²) in [6.45, 7) is 8.78. The number of ether oxygens (including phenoxy) is 4. The minimum Gasteiger partial charge on any atom is -0.493 e. The molecule has 1 aliphatic carbocycles. The summed E-state index contributed by atoms with van der Waals surface area (Å²) in [6, 6.07) is 6.40. The molecule has 0 fully saturated rings. The van der Waals surface area contributed by atoms with Crippen LogP contribution in [0.25, 0.3) is 22.4 Å². The van der Waals surface area contributed by atoms with Gasteiger partial charge < -0.3 is 23.8 Å². The number of rotatable bonds is 10. The molecule has 0 unspecified atom stereocenters. The van der Waals surface area contributed by atoms with E-state index < -0.39 is 17.9 Å². The Bertz CT molecular complexity index is 2950. The third-order valence-corrected chi connectivity index (χ3v) is 12.1. The fraction of sp³-hybridized carbons (Fsp3) is 0.442. The van der Waals surface area contributed by atoms with Crippen LogP contribution < -0.4 is 9.47 Å². The summed E-state index contributed by atoms with van der Waals surface area (Å²) in [4.78, 5) is 41.2. The first kappa shape index (κ1) is 56.3. The molecular formula is C52H61ClF5N9O7. The van der Waals surface area contributed by atoms with Gasteiger partial charge in [0.05, 0.1) is 26.4 Å². The van der Waals surface area contributed by atoms with Crippen molar-refractivity contribution in [3.05, 3.63) is 118 Å². The number of carbonyl (C=O) groups is 3. The smallest absolute Gasteiger partial charge is 0.446 e. The average Bonchev–Trinajstić information content (AvgIpc) is 4.25. The van der Waals surface area contributed by atoms with Crippen molar-refractivity contribution in [2.75, 3.05) is 39.5 Å². The largest absolute Gasteiger partial charge is 0.493 e. The van der Waals surface area contributed by atoms with E-state index in [0.717, 1.165) is 87.9 Å². The second-order valence-electron chi connectivity index (χ2n) is 16.4. The van der Waals surface area contributed by atoms with Gasteiger partial charge in [0.1, 0.15) is 47.4 Å². The normalized spacial score (nSPS) is 14.4. The lowest BCUT2D eigenvalue weighted by molar-refractivity contribution is -0.156. The summed E-state index contributed by atoms with van der Waals surface area (Å²) < 4.78 is 90.6. The van der Waals surface area contributed by atoms with E-state index >= 15 is 0 Å². The first-order chi connectivity index (χ1) is 35.7. The minimum absolute atomic E-state index is 0. The van der Waals surface area contributed by atoms with Gasteiger partial charge in [-0.25, -0.2) is 28.3 Å². The van der Waals surface area contributed by atoms with Crippen LogP contribution in [0.2, 0.25) is 0 Å². The molecule has 398 valence electrons. The van der Waals surface area contributed by atoms with Crippen LogP contribution in [0.1, 0.15) is 114 Å². The van der Waals surface area contributed by atoms with Crippen molar-refractivity contribution >= 4 is 51.8 Å². The van der Waals surface area contributed by atoms with Crippen molar-refractivity contribution in [3.63, 3.8) is 0 Å². The van der Waals surface area contributed by atoms with Gasteiger partial charge in [-0.15, -0.1) is 20.4 Å². The summed E-state index contributed by atoms with van der Waals surface area (Å²) in [6.07, 6.45) is 14.5. The van der Waals surface area contributed by atoms with Crippen molar-refractivity contribution in [2.45, 2.75) is 112 Å². The van der Waals surface area contributed by atoms with Gasteiger partial charge in [-0.3, -0.25) is 13.6 Å². The second-order valence-corrected chi connectivity index (χ2v) is 16.7. The molecule has 0 spiro atoms. The number of benzene rings is 2. The van der Waals surface area contributed by atoms with Crippen LogP contribution in [0.4, 0.5) is 31.5 Å². The lowest BCUT2D eigenvalue weighted by atomic mass is 9.95. The molecule has 0 radical (unpaired) electrons. The molecule has 0 saturated carbocycles. The third-order valence-electron chi connectivity index (χ3n) is 12.0. The highest BCUT2D eigenvalue weighted by Crippen LogP contribution is 2.34. The third kappa shape index (κ3) is 14.8. The standard InChI is InChI=1S/C23H24FN5O3.C21H21FN4O.C3H5ClO2.C2HF3O.C2H6.CH4/c1-2-31-23(30)28-10-7-15(8-11-28)18-13-25-21(29-14-26-27-22(18)29)6-3-16-17-9-12-32-20(17)5-4-19(16)24;22-18-7-8-19-16(10-11-27-19)15(18)6-9-20-23-12-17(14-4-2-1-3-5-14)21-25-24-13-26(20)21;1-2-6-3(4)5;3-2(4,5)1-6;1-2;/h4-5,7,13-14H,2-3,6,8-12H2,1H3;4,7-8,12-13H,1-3,5-6,9-11H2;2H2,1H3;1H;1-2H3;1H4/i;;;;1D;. The molecule has 4 aromatic heterocycles. The van der Waals surface area contributed by atoms with E-state index in [2.05, 4.69) is 41.2 Å². The molecule has 2 aromatic carbocycles. The molecule has 0 bridgehead atoms. The molecule has 3 aliphatic heterocycles. The molecule has 4 aliphatic rings. The SMILES string of the molecule is C.CCOC(=O)Cl.CCOC(=O)N1CC=C(c2cnc(CCc3c(F)ccc4c3CCO4)n3cnnc23)CC1.Fc1ccc2c(c1CCc1ncc(C3=CCCCC3)c3nncn13)CCO2.O=CC(F)(F)F.[2H]CC. The van der Waals surface area contributed by atoms with Crippen molar-refractivity contribution in [1.29, 1.82) is 0 Å². The number of hydrogen-bond donors (Lipinski definition) is 0. The molecule has 74 heavy (non-hydrogen) atoms. The molecule has 7 heterocycles. The van der Waals surface area contributed by atoms with Gasteiger partial charge in [-0.1, -0.05) is 33.4 Å². The number of hydrogen-bond acceptors (Lipinski definition) is 13. The Morgan fingerprint density at radius 3 is 1.68 bits per heavy atom. The number of nitrogens with zero attached hydrogens (tertiary/aromatic N) is 9. The predicted molar refractivity (Wildman–Crippen MR) is 268 cm³/mol.